The SMILES string of the molecule is c1cnc2ccc(N3CCC(CNC4CC4)C3)cc2c1. The number of nitrogens with zero attached hydrogens (tertiary/aromatic N) is 2. The van der Waals surface area contributed by atoms with Crippen LogP contribution in [0.2, 0.25) is 0 Å². The van der Waals surface area contributed by atoms with E-state index in [2.05, 4.69) is 39.5 Å². The minimum absolute atomic E-state index is 0.806. The summed E-state index contributed by atoms with van der Waals surface area (Å²) in [6, 6.07) is 11.6. The first-order chi connectivity index (χ1) is 9.88. The Morgan fingerprint density at radius 1 is 1.20 bits per heavy atom. The van der Waals surface area contributed by atoms with Gasteiger partial charge in [0.25, 0.3) is 0 Å². The zero-order valence-electron chi connectivity index (χ0n) is 11.8. The highest BCUT2D eigenvalue weighted by atomic mass is 15.2. The molecular formula is C17H21N3. The molecule has 1 saturated heterocycles. The predicted octanol–water partition coefficient (Wildman–Crippen LogP) is 2.81. The van der Waals surface area contributed by atoms with Crippen LogP contribution in [0.5, 0.6) is 0 Å². The number of aromatic nitrogens is 1. The molecule has 2 heterocycles. The van der Waals surface area contributed by atoms with E-state index in [1.54, 1.807) is 0 Å². The van der Waals surface area contributed by atoms with E-state index >= 15 is 0 Å². The molecule has 0 radical (unpaired) electrons. The van der Waals surface area contributed by atoms with Crippen LogP contribution in [0.25, 0.3) is 10.9 Å². The number of nitrogens with one attached hydrogen (secondary N) is 1. The summed E-state index contributed by atoms with van der Waals surface area (Å²) >= 11 is 0. The topological polar surface area (TPSA) is 28.2 Å². The molecule has 2 fully saturated rings. The van der Waals surface area contributed by atoms with Crippen molar-refractivity contribution >= 4 is 16.6 Å². The van der Waals surface area contributed by atoms with Gasteiger partial charge >= 0.3 is 0 Å². The van der Waals surface area contributed by atoms with E-state index in [0.29, 0.717) is 0 Å². The number of hydrogen-bond donors (Lipinski definition) is 1. The number of fused-ring (bicyclic) bond motifs is 1. The summed E-state index contributed by atoms with van der Waals surface area (Å²) < 4.78 is 0. The maximum atomic E-state index is 4.39. The Balaban J connectivity index is 1.45. The highest BCUT2D eigenvalue weighted by Gasteiger charge is 2.26. The summed E-state index contributed by atoms with van der Waals surface area (Å²) in [6.45, 7) is 3.56. The third-order valence-corrected chi connectivity index (χ3v) is 4.51. The fourth-order valence-electron chi connectivity index (χ4n) is 3.11. The molecule has 20 heavy (non-hydrogen) atoms. The Kier molecular flexibility index (Phi) is 3.07. The van der Waals surface area contributed by atoms with Gasteiger partial charge in [0.05, 0.1) is 5.52 Å². The summed E-state index contributed by atoms with van der Waals surface area (Å²) in [7, 11) is 0. The van der Waals surface area contributed by atoms with E-state index < -0.39 is 0 Å². The highest BCUT2D eigenvalue weighted by Crippen LogP contribution is 2.27. The lowest BCUT2D eigenvalue weighted by atomic mass is 10.1. The lowest BCUT2D eigenvalue weighted by molar-refractivity contribution is 0.515. The molecule has 2 aromatic rings. The maximum Gasteiger partial charge on any atom is 0.0703 e. The minimum Gasteiger partial charge on any atom is -0.371 e. The molecule has 1 atom stereocenters. The molecule has 0 bridgehead atoms. The van der Waals surface area contributed by atoms with Gasteiger partial charge < -0.3 is 10.2 Å². The first kappa shape index (κ1) is 12.2. The van der Waals surface area contributed by atoms with Gasteiger partial charge in [-0.15, -0.1) is 0 Å². The lowest BCUT2D eigenvalue weighted by Crippen LogP contribution is -2.27. The van der Waals surface area contributed by atoms with Crippen LogP contribution < -0.4 is 10.2 Å². The van der Waals surface area contributed by atoms with Gasteiger partial charge in [-0.2, -0.15) is 0 Å². The van der Waals surface area contributed by atoms with Crippen LogP contribution in [0, 0.1) is 5.92 Å². The van der Waals surface area contributed by atoms with Crippen molar-refractivity contribution in [3.05, 3.63) is 36.5 Å². The molecule has 1 N–H and O–H groups in total. The second kappa shape index (κ2) is 5.06. The Hall–Kier alpha value is -1.61. The van der Waals surface area contributed by atoms with Crippen molar-refractivity contribution in [2.45, 2.75) is 25.3 Å². The molecule has 1 aromatic heterocycles. The summed E-state index contributed by atoms with van der Waals surface area (Å²) in [6.07, 6.45) is 5.93. The number of benzene rings is 1. The number of anilines is 1. The average Bonchev–Trinajstić information content (AvgIpc) is 3.21. The van der Waals surface area contributed by atoms with E-state index in [9.17, 15) is 0 Å². The Bertz CT molecular complexity index is 606. The maximum absolute atomic E-state index is 4.39. The zero-order valence-corrected chi connectivity index (χ0v) is 11.8. The van der Waals surface area contributed by atoms with Crippen molar-refractivity contribution in [2.75, 3.05) is 24.5 Å². The van der Waals surface area contributed by atoms with Crippen LogP contribution in [0.4, 0.5) is 5.69 Å². The number of hydrogen-bond acceptors (Lipinski definition) is 3. The predicted molar refractivity (Wildman–Crippen MR) is 83.1 cm³/mol. The van der Waals surface area contributed by atoms with Crippen LogP contribution in [-0.4, -0.2) is 30.7 Å². The highest BCUT2D eigenvalue weighted by molar-refractivity contribution is 5.82. The molecule has 0 amide bonds. The molecular weight excluding hydrogens is 246 g/mol. The van der Waals surface area contributed by atoms with Gasteiger partial charge in [-0.25, -0.2) is 0 Å². The van der Waals surface area contributed by atoms with Crippen molar-refractivity contribution in [2.24, 2.45) is 5.92 Å². The summed E-state index contributed by atoms with van der Waals surface area (Å²) in [5.74, 6) is 0.806. The largest absolute Gasteiger partial charge is 0.371 e. The quantitative estimate of drug-likeness (QED) is 0.923. The van der Waals surface area contributed by atoms with E-state index in [1.807, 2.05) is 12.3 Å². The molecule has 1 saturated carbocycles. The third kappa shape index (κ3) is 2.50. The Morgan fingerprint density at radius 2 is 2.15 bits per heavy atom. The Labute approximate surface area is 120 Å². The summed E-state index contributed by atoms with van der Waals surface area (Å²) in [5.41, 5.74) is 2.43. The molecule has 1 aromatic carbocycles. The first-order valence-corrected chi connectivity index (χ1v) is 7.71. The van der Waals surface area contributed by atoms with Crippen LogP contribution in [0.15, 0.2) is 36.5 Å². The normalized spacial score (nSPS) is 22.6. The van der Waals surface area contributed by atoms with Crippen molar-refractivity contribution in [1.29, 1.82) is 0 Å². The second-order valence-corrected chi connectivity index (χ2v) is 6.16. The molecule has 1 unspecified atom stereocenters. The van der Waals surface area contributed by atoms with E-state index in [1.165, 1.54) is 50.0 Å². The van der Waals surface area contributed by atoms with Crippen LogP contribution >= 0.6 is 0 Å². The Morgan fingerprint density at radius 3 is 3.05 bits per heavy atom. The lowest BCUT2D eigenvalue weighted by Gasteiger charge is -2.19. The van der Waals surface area contributed by atoms with Gasteiger partial charge in [0.15, 0.2) is 0 Å². The van der Waals surface area contributed by atoms with Crippen molar-refractivity contribution in [3.8, 4) is 0 Å². The summed E-state index contributed by atoms with van der Waals surface area (Å²) in [5, 5.41) is 4.90. The molecule has 104 valence electrons. The molecule has 0 spiro atoms. The van der Waals surface area contributed by atoms with Crippen molar-refractivity contribution < 1.29 is 0 Å². The molecule has 1 aliphatic heterocycles. The second-order valence-electron chi connectivity index (χ2n) is 6.16. The van der Waals surface area contributed by atoms with Gasteiger partial charge in [-0.1, -0.05) is 6.07 Å². The average molecular weight is 267 g/mol. The van der Waals surface area contributed by atoms with Gasteiger partial charge in [0.2, 0.25) is 0 Å². The monoisotopic (exact) mass is 267 g/mol. The molecule has 3 nitrogen and oxygen atoms in total. The minimum atomic E-state index is 0.806. The fraction of sp³-hybridized carbons (Fsp3) is 0.471. The van der Waals surface area contributed by atoms with Crippen molar-refractivity contribution in [1.82, 2.24) is 10.3 Å². The van der Waals surface area contributed by atoms with E-state index in [0.717, 1.165) is 17.5 Å². The van der Waals surface area contributed by atoms with Gasteiger partial charge in [0, 0.05) is 36.4 Å². The number of rotatable bonds is 4. The van der Waals surface area contributed by atoms with Gasteiger partial charge in [0.1, 0.15) is 0 Å². The molecule has 4 rings (SSSR count). The molecule has 1 aliphatic carbocycles. The first-order valence-electron chi connectivity index (χ1n) is 7.71. The third-order valence-electron chi connectivity index (χ3n) is 4.51. The van der Waals surface area contributed by atoms with Gasteiger partial charge in [-0.3, -0.25) is 4.98 Å². The van der Waals surface area contributed by atoms with Gasteiger partial charge in [-0.05, 0) is 56.0 Å². The summed E-state index contributed by atoms with van der Waals surface area (Å²) in [4.78, 5) is 6.91. The molecule has 2 aliphatic rings. The standard InChI is InChI=1S/C17H21N3/c1-2-14-10-16(5-6-17(14)18-8-1)20-9-7-13(12-20)11-19-15-3-4-15/h1-2,5-6,8,10,13,15,19H,3-4,7,9,11-12H2. The number of pyridine rings is 1. The van der Waals surface area contributed by atoms with Crippen LogP contribution in [-0.2, 0) is 0 Å². The van der Waals surface area contributed by atoms with Crippen molar-refractivity contribution in [3.63, 3.8) is 0 Å². The van der Waals surface area contributed by atoms with E-state index in [4.69, 9.17) is 0 Å². The van der Waals surface area contributed by atoms with E-state index in [-0.39, 0.29) is 0 Å². The van der Waals surface area contributed by atoms with Crippen LogP contribution in [0.3, 0.4) is 0 Å². The zero-order chi connectivity index (χ0) is 13.4. The van der Waals surface area contributed by atoms with Crippen LogP contribution in [0.1, 0.15) is 19.3 Å². The smallest absolute Gasteiger partial charge is 0.0703 e. The molecule has 3 heteroatoms. The fourth-order valence-corrected chi connectivity index (χ4v) is 3.11.